The van der Waals surface area contributed by atoms with Crippen LogP contribution in [0.3, 0.4) is 0 Å². The van der Waals surface area contributed by atoms with Gasteiger partial charge in [-0.2, -0.15) is 5.10 Å². The number of hydrogen-bond acceptors (Lipinski definition) is 3. The number of hydrogen-bond donors (Lipinski definition) is 2. The highest BCUT2D eigenvalue weighted by Crippen LogP contribution is 2.14. The zero-order chi connectivity index (χ0) is 19.9. The first-order chi connectivity index (χ1) is 13.5. The van der Waals surface area contributed by atoms with Gasteiger partial charge in [-0.1, -0.05) is 35.9 Å². The minimum Gasteiger partial charge on any atom is -0.322 e. The molecule has 2 amide bonds. The largest absolute Gasteiger partial charge is 0.322 e. The van der Waals surface area contributed by atoms with Crippen molar-refractivity contribution in [3.05, 3.63) is 100 Å². The Bertz CT molecular complexity index is 1040. The van der Waals surface area contributed by atoms with E-state index >= 15 is 0 Å². The summed E-state index contributed by atoms with van der Waals surface area (Å²) < 4.78 is 13.5. The molecular weight excluding hydrogens is 381 g/mol. The van der Waals surface area contributed by atoms with Crippen molar-refractivity contribution >= 4 is 35.3 Å². The third kappa shape index (κ3) is 5.02. The van der Waals surface area contributed by atoms with Crippen LogP contribution < -0.4 is 10.7 Å². The van der Waals surface area contributed by atoms with Crippen molar-refractivity contribution < 1.29 is 14.0 Å². The second kappa shape index (κ2) is 8.92. The van der Waals surface area contributed by atoms with Crippen molar-refractivity contribution in [1.29, 1.82) is 0 Å². The molecule has 0 fully saturated rings. The van der Waals surface area contributed by atoms with Crippen molar-refractivity contribution in [2.75, 3.05) is 5.32 Å². The van der Waals surface area contributed by atoms with E-state index in [1.807, 2.05) is 0 Å². The predicted molar refractivity (Wildman–Crippen MR) is 107 cm³/mol. The lowest BCUT2D eigenvalue weighted by Gasteiger charge is -2.06. The number of benzene rings is 3. The average Bonchev–Trinajstić information content (AvgIpc) is 2.70. The number of nitrogens with zero attached hydrogens (tertiary/aromatic N) is 1. The maximum absolute atomic E-state index is 13.5. The molecule has 140 valence electrons. The molecule has 0 aliphatic rings. The van der Waals surface area contributed by atoms with Gasteiger partial charge in [0.15, 0.2) is 0 Å². The average molecular weight is 396 g/mol. The molecule has 0 aromatic heterocycles. The molecule has 0 saturated heterocycles. The lowest BCUT2D eigenvalue weighted by Crippen LogP contribution is -2.18. The van der Waals surface area contributed by atoms with E-state index in [0.717, 1.165) is 0 Å². The first-order valence-electron chi connectivity index (χ1n) is 8.28. The summed E-state index contributed by atoms with van der Waals surface area (Å²) in [4.78, 5) is 24.3. The Kier molecular flexibility index (Phi) is 6.14. The van der Waals surface area contributed by atoms with Crippen molar-refractivity contribution in [3.63, 3.8) is 0 Å². The van der Waals surface area contributed by atoms with E-state index in [2.05, 4.69) is 15.8 Å². The molecule has 0 atom stereocenters. The molecule has 0 heterocycles. The van der Waals surface area contributed by atoms with E-state index in [9.17, 15) is 14.0 Å². The molecule has 0 aliphatic carbocycles. The second-order valence-electron chi connectivity index (χ2n) is 5.76. The number of hydrazone groups is 1. The molecule has 7 heteroatoms. The van der Waals surface area contributed by atoms with E-state index in [1.54, 1.807) is 66.7 Å². The molecule has 28 heavy (non-hydrogen) atoms. The molecule has 3 aromatic rings. The van der Waals surface area contributed by atoms with Crippen molar-refractivity contribution in [1.82, 2.24) is 5.43 Å². The summed E-state index contributed by atoms with van der Waals surface area (Å²) in [6.07, 6.45) is 1.23. The van der Waals surface area contributed by atoms with E-state index in [-0.39, 0.29) is 11.5 Å². The van der Waals surface area contributed by atoms with E-state index in [0.29, 0.717) is 21.8 Å². The Labute approximate surface area is 165 Å². The summed E-state index contributed by atoms with van der Waals surface area (Å²) in [6.45, 7) is 0. The molecule has 3 rings (SSSR count). The lowest BCUT2D eigenvalue weighted by molar-refractivity contribution is 0.0954. The molecule has 0 bridgehead atoms. The molecule has 2 N–H and O–H groups in total. The summed E-state index contributed by atoms with van der Waals surface area (Å²) in [5, 5.41) is 6.94. The van der Waals surface area contributed by atoms with Crippen LogP contribution in [0.4, 0.5) is 10.1 Å². The molecule has 0 radical (unpaired) electrons. The topological polar surface area (TPSA) is 70.6 Å². The Morgan fingerprint density at radius 1 is 0.893 bits per heavy atom. The number of carbonyl (C=O) groups excluding carboxylic acids is 2. The summed E-state index contributed by atoms with van der Waals surface area (Å²) >= 11 is 5.88. The van der Waals surface area contributed by atoms with Crippen LogP contribution >= 0.6 is 11.6 Å². The van der Waals surface area contributed by atoms with Gasteiger partial charge in [-0.3, -0.25) is 9.59 Å². The third-order valence-corrected chi connectivity index (χ3v) is 4.00. The van der Waals surface area contributed by atoms with Crippen LogP contribution in [0.25, 0.3) is 0 Å². The highest BCUT2D eigenvalue weighted by Gasteiger charge is 2.08. The third-order valence-electron chi connectivity index (χ3n) is 3.77. The van der Waals surface area contributed by atoms with E-state index in [4.69, 9.17) is 11.6 Å². The van der Waals surface area contributed by atoms with Crippen LogP contribution in [-0.4, -0.2) is 18.0 Å². The number of rotatable bonds is 5. The van der Waals surface area contributed by atoms with Crippen molar-refractivity contribution in [2.45, 2.75) is 0 Å². The van der Waals surface area contributed by atoms with Crippen LogP contribution in [-0.2, 0) is 0 Å². The molecule has 0 spiro atoms. The summed E-state index contributed by atoms with van der Waals surface area (Å²) in [5.41, 5.74) is 3.89. The Morgan fingerprint density at radius 2 is 1.64 bits per heavy atom. The number of carbonyl (C=O) groups is 2. The zero-order valence-corrected chi connectivity index (χ0v) is 15.3. The Morgan fingerprint density at radius 3 is 2.36 bits per heavy atom. The molecular formula is C21H15ClFN3O2. The van der Waals surface area contributed by atoms with Crippen LogP contribution in [0.15, 0.2) is 77.9 Å². The minimum atomic E-state index is -0.458. The molecule has 0 aliphatic heterocycles. The normalized spacial score (nSPS) is 10.6. The van der Waals surface area contributed by atoms with Crippen LogP contribution in [0.5, 0.6) is 0 Å². The van der Waals surface area contributed by atoms with Gasteiger partial charge in [0.25, 0.3) is 11.8 Å². The van der Waals surface area contributed by atoms with Gasteiger partial charge in [0.05, 0.1) is 6.21 Å². The van der Waals surface area contributed by atoms with Crippen LogP contribution in [0.1, 0.15) is 26.3 Å². The molecule has 3 aromatic carbocycles. The smallest absolute Gasteiger partial charge is 0.271 e. The zero-order valence-electron chi connectivity index (χ0n) is 14.5. The van der Waals surface area contributed by atoms with E-state index < -0.39 is 11.7 Å². The van der Waals surface area contributed by atoms with Crippen molar-refractivity contribution in [3.8, 4) is 0 Å². The SMILES string of the molecule is O=C(N/N=C\c1ccccc1F)c1ccc(NC(=O)c2cccc(Cl)c2)cc1. The number of halogens is 2. The van der Waals surface area contributed by atoms with Gasteiger partial charge in [0.1, 0.15) is 5.82 Å². The van der Waals surface area contributed by atoms with Crippen molar-refractivity contribution in [2.24, 2.45) is 5.10 Å². The minimum absolute atomic E-state index is 0.266. The molecule has 0 saturated carbocycles. The fourth-order valence-corrected chi connectivity index (χ4v) is 2.53. The predicted octanol–water partition coefficient (Wildman–Crippen LogP) is 4.50. The summed E-state index contributed by atoms with van der Waals surface area (Å²) in [6, 6.07) is 18.9. The van der Waals surface area contributed by atoms with E-state index in [1.165, 1.54) is 12.3 Å². The van der Waals surface area contributed by atoms with Gasteiger partial charge in [0, 0.05) is 27.4 Å². The number of nitrogens with one attached hydrogen (secondary N) is 2. The molecule has 0 unspecified atom stereocenters. The highest BCUT2D eigenvalue weighted by atomic mass is 35.5. The summed E-state index contributed by atoms with van der Waals surface area (Å²) in [5.74, 6) is -1.20. The van der Waals surface area contributed by atoms with Gasteiger partial charge < -0.3 is 5.32 Å². The maximum Gasteiger partial charge on any atom is 0.271 e. The van der Waals surface area contributed by atoms with Gasteiger partial charge in [-0.25, -0.2) is 9.82 Å². The Balaban J connectivity index is 1.60. The Hall–Kier alpha value is -3.51. The number of anilines is 1. The number of amides is 2. The standard InChI is InChI=1S/C21H15ClFN3O2/c22-17-6-3-5-15(12-17)20(27)25-18-10-8-14(9-11-18)21(28)26-24-13-16-4-1-2-7-19(16)23/h1-13H,(H,25,27)(H,26,28)/b24-13-. The van der Waals surface area contributed by atoms with Gasteiger partial charge >= 0.3 is 0 Å². The first-order valence-corrected chi connectivity index (χ1v) is 8.65. The molecule has 5 nitrogen and oxygen atoms in total. The highest BCUT2D eigenvalue weighted by molar-refractivity contribution is 6.31. The summed E-state index contributed by atoms with van der Waals surface area (Å²) in [7, 11) is 0. The maximum atomic E-state index is 13.5. The first kappa shape index (κ1) is 19.3. The fraction of sp³-hybridized carbons (Fsp3) is 0. The second-order valence-corrected chi connectivity index (χ2v) is 6.20. The van der Waals surface area contributed by atoms with Crippen LogP contribution in [0.2, 0.25) is 5.02 Å². The van der Waals surface area contributed by atoms with Gasteiger partial charge in [-0.15, -0.1) is 0 Å². The fourth-order valence-electron chi connectivity index (χ4n) is 2.34. The van der Waals surface area contributed by atoms with Gasteiger partial charge in [0.2, 0.25) is 0 Å². The van der Waals surface area contributed by atoms with Gasteiger partial charge in [-0.05, 0) is 48.5 Å². The monoisotopic (exact) mass is 395 g/mol. The lowest BCUT2D eigenvalue weighted by atomic mass is 10.1. The quantitative estimate of drug-likeness (QED) is 0.493. The van der Waals surface area contributed by atoms with Crippen LogP contribution in [0, 0.1) is 5.82 Å².